The third-order valence-corrected chi connectivity index (χ3v) is 5.76. The predicted octanol–water partition coefficient (Wildman–Crippen LogP) is 4.11. The van der Waals surface area contributed by atoms with Gasteiger partial charge < -0.3 is 4.57 Å². The van der Waals surface area contributed by atoms with Gasteiger partial charge in [-0.15, -0.1) is 5.10 Å². The minimum Gasteiger partial charge on any atom is -0.347 e. The number of anilines is 1. The SMILES string of the molecule is O=C(Nc1nc2cccc(-c3ccc4c(ccn4CC4CC4)c3)n2n1)C1CC1. The van der Waals surface area contributed by atoms with Gasteiger partial charge in [0.25, 0.3) is 0 Å². The lowest BCUT2D eigenvalue weighted by Crippen LogP contribution is -2.14. The number of amides is 1. The normalized spacial score (nSPS) is 16.7. The van der Waals surface area contributed by atoms with E-state index >= 15 is 0 Å². The van der Waals surface area contributed by atoms with Gasteiger partial charge in [0.05, 0.1) is 5.69 Å². The number of hydrogen-bond acceptors (Lipinski definition) is 3. The van der Waals surface area contributed by atoms with Crippen LogP contribution in [0.25, 0.3) is 27.8 Å². The summed E-state index contributed by atoms with van der Waals surface area (Å²) in [6.07, 6.45) is 6.82. The maximum absolute atomic E-state index is 12.0. The van der Waals surface area contributed by atoms with Crippen LogP contribution in [0.15, 0.2) is 48.7 Å². The molecule has 0 unspecified atom stereocenters. The second kappa shape index (κ2) is 5.92. The Morgan fingerprint density at radius 2 is 2.00 bits per heavy atom. The summed E-state index contributed by atoms with van der Waals surface area (Å²) < 4.78 is 4.17. The molecule has 3 heterocycles. The Kier molecular flexibility index (Phi) is 3.36. The van der Waals surface area contributed by atoms with Gasteiger partial charge >= 0.3 is 0 Å². The second-order valence-electron chi connectivity index (χ2n) is 8.07. The van der Waals surface area contributed by atoms with E-state index in [1.54, 1.807) is 0 Å². The molecule has 0 aliphatic heterocycles. The van der Waals surface area contributed by atoms with Gasteiger partial charge in [-0.2, -0.15) is 4.98 Å². The van der Waals surface area contributed by atoms with E-state index in [-0.39, 0.29) is 11.8 Å². The molecular formula is C22H21N5O. The van der Waals surface area contributed by atoms with Crippen LogP contribution in [0.5, 0.6) is 0 Å². The van der Waals surface area contributed by atoms with Crippen LogP contribution in [-0.2, 0) is 11.3 Å². The van der Waals surface area contributed by atoms with E-state index in [1.165, 1.54) is 23.7 Å². The second-order valence-corrected chi connectivity index (χ2v) is 8.07. The summed E-state index contributed by atoms with van der Waals surface area (Å²) in [5.41, 5.74) is 4.06. The summed E-state index contributed by atoms with van der Waals surface area (Å²) in [6, 6.07) is 14.7. The molecule has 0 spiro atoms. The summed E-state index contributed by atoms with van der Waals surface area (Å²) >= 11 is 0. The number of nitrogens with zero attached hydrogens (tertiary/aromatic N) is 4. The van der Waals surface area contributed by atoms with Gasteiger partial charge in [-0.1, -0.05) is 12.1 Å². The lowest BCUT2D eigenvalue weighted by molar-refractivity contribution is -0.117. The molecule has 3 aromatic heterocycles. The molecule has 0 saturated heterocycles. The first-order valence-corrected chi connectivity index (χ1v) is 10.0. The van der Waals surface area contributed by atoms with Gasteiger partial charge in [-0.05, 0) is 61.9 Å². The first-order valence-electron chi connectivity index (χ1n) is 10.0. The molecule has 2 saturated carbocycles. The minimum absolute atomic E-state index is 0.0240. The standard InChI is InChI=1S/C22H21N5O/c28-21(15-6-7-15)24-22-23-20-3-1-2-19(27(20)25-22)16-8-9-18-17(12-16)10-11-26(18)13-14-4-5-14/h1-3,8-12,14-15H,4-7,13H2,(H,24,25,28). The molecule has 2 aliphatic carbocycles. The van der Waals surface area contributed by atoms with Gasteiger partial charge in [0.2, 0.25) is 11.9 Å². The molecule has 0 radical (unpaired) electrons. The lowest BCUT2D eigenvalue weighted by atomic mass is 10.1. The van der Waals surface area contributed by atoms with Crippen LogP contribution in [0.3, 0.4) is 0 Å². The third kappa shape index (κ3) is 2.76. The number of carbonyl (C=O) groups excluding carboxylic acids is 1. The number of pyridine rings is 1. The van der Waals surface area contributed by atoms with Crippen LogP contribution in [0, 0.1) is 11.8 Å². The zero-order valence-electron chi connectivity index (χ0n) is 15.5. The largest absolute Gasteiger partial charge is 0.347 e. The Hall–Kier alpha value is -3.15. The number of carbonyl (C=O) groups is 1. The molecule has 6 rings (SSSR count). The van der Waals surface area contributed by atoms with Gasteiger partial charge in [0.15, 0.2) is 5.65 Å². The minimum atomic E-state index is 0.0240. The maximum atomic E-state index is 12.0. The van der Waals surface area contributed by atoms with Crippen LogP contribution >= 0.6 is 0 Å². The van der Waals surface area contributed by atoms with Crippen molar-refractivity contribution < 1.29 is 4.79 Å². The molecule has 6 heteroatoms. The molecule has 1 amide bonds. The monoisotopic (exact) mass is 371 g/mol. The fourth-order valence-electron chi connectivity index (χ4n) is 3.83. The topological polar surface area (TPSA) is 64.2 Å². The third-order valence-electron chi connectivity index (χ3n) is 5.76. The van der Waals surface area contributed by atoms with Crippen LogP contribution in [0.1, 0.15) is 25.7 Å². The van der Waals surface area contributed by atoms with Gasteiger partial charge in [-0.25, -0.2) is 4.52 Å². The Bertz CT molecular complexity index is 1210. The average Bonchev–Trinajstić information content (AvgIpc) is 3.62. The Labute approximate surface area is 162 Å². The van der Waals surface area contributed by atoms with E-state index < -0.39 is 0 Å². The zero-order valence-corrected chi connectivity index (χ0v) is 15.5. The molecule has 0 atom stereocenters. The van der Waals surface area contributed by atoms with E-state index in [0.717, 1.165) is 42.2 Å². The van der Waals surface area contributed by atoms with Crippen molar-refractivity contribution in [2.75, 3.05) is 5.32 Å². The van der Waals surface area contributed by atoms with Crippen LogP contribution in [0.2, 0.25) is 0 Å². The van der Waals surface area contributed by atoms with Crippen molar-refractivity contribution >= 4 is 28.4 Å². The fraction of sp³-hybridized carbons (Fsp3) is 0.318. The zero-order chi connectivity index (χ0) is 18.7. The summed E-state index contributed by atoms with van der Waals surface area (Å²) in [4.78, 5) is 16.5. The summed E-state index contributed by atoms with van der Waals surface area (Å²) in [5, 5.41) is 8.62. The lowest BCUT2D eigenvalue weighted by Gasteiger charge is -2.07. The first-order chi connectivity index (χ1) is 13.7. The summed E-state index contributed by atoms with van der Waals surface area (Å²) in [6.45, 7) is 1.12. The van der Waals surface area contributed by atoms with Crippen molar-refractivity contribution in [1.82, 2.24) is 19.2 Å². The van der Waals surface area contributed by atoms with Crippen molar-refractivity contribution in [2.24, 2.45) is 11.8 Å². The number of rotatable bonds is 5. The van der Waals surface area contributed by atoms with Crippen LogP contribution in [-0.4, -0.2) is 25.1 Å². The molecule has 2 fully saturated rings. The highest BCUT2D eigenvalue weighted by Gasteiger charge is 2.30. The number of aromatic nitrogens is 4. The average molecular weight is 371 g/mol. The summed E-state index contributed by atoms with van der Waals surface area (Å²) in [5.74, 6) is 1.38. The summed E-state index contributed by atoms with van der Waals surface area (Å²) in [7, 11) is 0. The van der Waals surface area contributed by atoms with Gasteiger partial charge in [-0.3, -0.25) is 10.1 Å². The molecule has 0 bridgehead atoms. The molecular weight excluding hydrogens is 350 g/mol. The molecule has 140 valence electrons. The molecule has 2 aliphatic rings. The highest BCUT2D eigenvalue weighted by Crippen LogP contribution is 2.33. The van der Waals surface area contributed by atoms with E-state index in [9.17, 15) is 4.79 Å². The molecule has 1 aromatic carbocycles. The molecule has 4 aromatic rings. The van der Waals surface area contributed by atoms with Crippen LogP contribution in [0.4, 0.5) is 5.95 Å². The molecule has 6 nitrogen and oxygen atoms in total. The number of nitrogens with one attached hydrogen (secondary N) is 1. The van der Waals surface area contributed by atoms with Crippen LogP contribution < -0.4 is 5.32 Å². The predicted molar refractivity (Wildman–Crippen MR) is 108 cm³/mol. The Morgan fingerprint density at radius 3 is 2.82 bits per heavy atom. The van der Waals surface area contributed by atoms with E-state index in [0.29, 0.717) is 5.95 Å². The number of hydrogen-bond donors (Lipinski definition) is 1. The van der Waals surface area contributed by atoms with Gasteiger partial charge in [0.1, 0.15) is 0 Å². The van der Waals surface area contributed by atoms with Crippen molar-refractivity contribution in [3.8, 4) is 11.3 Å². The smallest absolute Gasteiger partial charge is 0.249 e. The Morgan fingerprint density at radius 1 is 1.11 bits per heavy atom. The van der Waals surface area contributed by atoms with Crippen molar-refractivity contribution in [1.29, 1.82) is 0 Å². The highest BCUT2D eigenvalue weighted by atomic mass is 16.2. The first kappa shape index (κ1) is 15.9. The van der Waals surface area contributed by atoms with E-state index in [1.807, 2.05) is 22.7 Å². The van der Waals surface area contributed by atoms with Crippen molar-refractivity contribution in [2.45, 2.75) is 32.2 Å². The number of benzene rings is 1. The maximum Gasteiger partial charge on any atom is 0.249 e. The Balaban J connectivity index is 1.37. The highest BCUT2D eigenvalue weighted by molar-refractivity contribution is 5.92. The van der Waals surface area contributed by atoms with Gasteiger partial charge in [0, 0.05) is 35.1 Å². The van der Waals surface area contributed by atoms with Crippen molar-refractivity contribution in [3.63, 3.8) is 0 Å². The fourth-order valence-corrected chi connectivity index (χ4v) is 3.83. The van der Waals surface area contributed by atoms with E-state index in [2.05, 4.69) is 50.4 Å². The molecule has 1 N–H and O–H groups in total. The van der Waals surface area contributed by atoms with E-state index in [4.69, 9.17) is 0 Å². The quantitative estimate of drug-likeness (QED) is 0.574. The van der Waals surface area contributed by atoms with Crippen molar-refractivity contribution in [3.05, 3.63) is 48.7 Å². The molecule has 28 heavy (non-hydrogen) atoms. The number of fused-ring (bicyclic) bond motifs is 2.